The lowest BCUT2D eigenvalue weighted by molar-refractivity contribution is -0.120. The zero-order chi connectivity index (χ0) is 12.0. The highest BCUT2D eigenvalue weighted by molar-refractivity contribution is 6.10. The number of rotatable bonds is 1. The van der Waals surface area contributed by atoms with E-state index in [1.165, 1.54) is 0 Å². The van der Waals surface area contributed by atoms with Crippen molar-refractivity contribution in [1.82, 2.24) is 5.32 Å². The smallest absolute Gasteiger partial charge is 0.254 e. The van der Waals surface area contributed by atoms with E-state index < -0.39 is 0 Å². The molecule has 1 N–H and O–H groups in total. The van der Waals surface area contributed by atoms with Crippen molar-refractivity contribution >= 4 is 17.5 Å². The van der Waals surface area contributed by atoms with Crippen molar-refractivity contribution < 1.29 is 9.59 Å². The third kappa shape index (κ3) is 1.60. The van der Waals surface area contributed by atoms with Crippen LogP contribution in [0.5, 0.6) is 0 Å². The first-order chi connectivity index (χ1) is 8.18. The van der Waals surface area contributed by atoms with Gasteiger partial charge in [0, 0.05) is 7.05 Å². The Morgan fingerprint density at radius 1 is 1.24 bits per heavy atom. The van der Waals surface area contributed by atoms with Crippen LogP contribution in [0.25, 0.3) is 0 Å². The molecule has 2 aliphatic rings. The van der Waals surface area contributed by atoms with E-state index >= 15 is 0 Å². The molecule has 2 amide bonds. The van der Waals surface area contributed by atoms with Crippen molar-refractivity contribution in [3.63, 3.8) is 0 Å². The summed E-state index contributed by atoms with van der Waals surface area (Å²) in [4.78, 5) is 25.9. The predicted octanol–water partition coefficient (Wildman–Crippen LogP) is 1.17. The molecule has 0 radical (unpaired) electrons. The van der Waals surface area contributed by atoms with E-state index in [-0.39, 0.29) is 17.9 Å². The zero-order valence-corrected chi connectivity index (χ0v) is 9.64. The van der Waals surface area contributed by atoms with Crippen LogP contribution in [0, 0.1) is 5.92 Å². The molecule has 17 heavy (non-hydrogen) atoms. The van der Waals surface area contributed by atoms with E-state index in [0.717, 1.165) is 12.8 Å². The Morgan fingerprint density at radius 3 is 2.65 bits per heavy atom. The Balaban J connectivity index is 2.05. The number of nitrogens with one attached hydrogen (secondary N) is 1. The first-order valence-electron chi connectivity index (χ1n) is 5.86. The number of carbonyl (C=O) groups is 2. The first-order valence-corrected chi connectivity index (χ1v) is 5.86. The fourth-order valence-corrected chi connectivity index (χ4v) is 2.32. The Morgan fingerprint density at radius 2 is 1.94 bits per heavy atom. The molecule has 1 aromatic carbocycles. The second-order valence-electron chi connectivity index (χ2n) is 4.70. The number of likely N-dealkylation sites (N-methyl/N-ethyl adjacent to an activating group) is 1. The van der Waals surface area contributed by atoms with Gasteiger partial charge in [0.05, 0.1) is 11.3 Å². The van der Waals surface area contributed by atoms with Gasteiger partial charge in [-0.3, -0.25) is 9.59 Å². The van der Waals surface area contributed by atoms with Crippen molar-refractivity contribution in [3.8, 4) is 0 Å². The van der Waals surface area contributed by atoms with Crippen LogP contribution < -0.4 is 10.2 Å². The number of anilines is 1. The van der Waals surface area contributed by atoms with Crippen LogP contribution in [-0.4, -0.2) is 24.9 Å². The van der Waals surface area contributed by atoms with Crippen molar-refractivity contribution in [1.29, 1.82) is 0 Å². The Kier molecular flexibility index (Phi) is 2.18. The summed E-state index contributed by atoms with van der Waals surface area (Å²) in [6.07, 6.45) is 2.06. The Bertz CT molecular complexity index is 494. The second-order valence-corrected chi connectivity index (χ2v) is 4.70. The summed E-state index contributed by atoms with van der Waals surface area (Å²) in [5.41, 5.74) is 1.27. The standard InChI is InChI=1S/C13H14N2O2/c1-15-10-5-3-2-4-9(10)12(16)14-11(13(15)17)8-6-7-8/h2-5,8,11H,6-7H2,1H3,(H,14,16). The van der Waals surface area contributed by atoms with Crippen molar-refractivity contribution in [3.05, 3.63) is 29.8 Å². The maximum atomic E-state index is 12.2. The summed E-state index contributed by atoms with van der Waals surface area (Å²) in [6.45, 7) is 0. The number of amides is 2. The van der Waals surface area contributed by atoms with E-state index in [9.17, 15) is 9.59 Å². The molecule has 1 atom stereocenters. The van der Waals surface area contributed by atoms with E-state index in [1.54, 1.807) is 18.0 Å². The van der Waals surface area contributed by atoms with Crippen molar-refractivity contribution in [2.75, 3.05) is 11.9 Å². The third-order valence-electron chi connectivity index (χ3n) is 3.49. The maximum absolute atomic E-state index is 12.2. The van der Waals surface area contributed by atoms with E-state index in [0.29, 0.717) is 17.2 Å². The molecule has 0 spiro atoms. The van der Waals surface area contributed by atoms with Crippen LogP contribution in [0.4, 0.5) is 5.69 Å². The maximum Gasteiger partial charge on any atom is 0.254 e. The van der Waals surface area contributed by atoms with Gasteiger partial charge in [-0.2, -0.15) is 0 Å². The molecule has 1 aromatic rings. The summed E-state index contributed by atoms with van der Waals surface area (Å²) in [5, 5.41) is 2.85. The van der Waals surface area contributed by atoms with Crippen LogP contribution in [0.15, 0.2) is 24.3 Å². The van der Waals surface area contributed by atoms with Gasteiger partial charge >= 0.3 is 0 Å². The first kappa shape index (κ1) is 10.3. The van der Waals surface area contributed by atoms with Gasteiger partial charge in [0.25, 0.3) is 5.91 Å². The molecule has 0 bridgehead atoms. The van der Waals surface area contributed by atoms with Crippen LogP contribution in [-0.2, 0) is 4.79 Å². The Hall–Kier alpha value is -1.84. The largest absolute Gasteiger partial charge is 0.340 e. The molecule has 1 fully saturated rings. The van der Waals surface area contributed by atoms with Gasteiger partial charge < -0.3 is 10.2 Å². The highest BCUT2D eigenvalue weighted by Crippen LogP contribution is 2.35. The highest BCUT2D eigenvalue weighted by Gasteiger charge is 2.41. The fraction of sp³-hybridized carbons (Fsp3) is 0.385. The number of nitrogens with zero attached hydrogens (tertiary/aromatic N) is 1. The second kappa shape index (κ2) is 3.58. The summed E-state index contributed by atoms with van der Waals surface area (Å²) in [6, 6.07) is 6.87. The summed E-state index contributed by atoms with van der Waals surface area (Å²) in [7, 11) is 1.73. The minimum atomic E-state index is -0.347. The number of carbonyl (C=O) groups excluding carboxylic acids is 2. The highest BCUT2D eigenvalue weighted by atomic mass is 16.2. The zero-order valence-electron chi connectivity index (χ0n) is 9.64. The molecule has 4 nitrogen and oxygen atoms in total. The molecule has 0 aromatic heterocycles. The lowest BCUT2D eigenvalue weighted by Crippen LogP contribution is -2.45. The molecule has 4 heteroatoms. The number of para-hydroxylation sites is 1. The fourth-order valence-electron chi connectivity index (χ4n) is 2.32. The topological polar surface area (TPSA) is 49.4 Å². The monoisotopic (exact) mass is 230 g/mol. The van der Waals surface area contributed by atoms with Gasteiger partial charge in [-0.25, -0.2) is 0 Å². The van der Waals surface area contributed by atoms with Crippen molar-refractivity contribution in [2.24, 2.45) is 5.92 Å². The molecule has 3 rings (SSSR count). The van der Waals surface area contributed by atoms with Crippen LogP contribution in [0.1, 0.15) is 23.2 Å². The predicted molar refractivity (Wildman–Crippen MR) is 63.8 cm³/mol. The van der Waals surface area contributed by atoms with Gasteiger partial charge in [-0.15, -0.1) is 0 Å². The average Bonchev–Trinajstić information content (AvgIpc) is 3.17. The van der Waals surface area contributed by atoms with Crippen LogP contribution in [0.3, 0.4) is 0 Å². The van der Waals surface area contributed by atoms with Crippen LogP contribution >= 0.6 is 0 Å². The molecule has 88 valence electrons. The van der Waals surface area contributed by atoms with Gasteiger partial charge in [-0.1, -0.05) is 12.1 Å². The van der Waals surface area contributed by atoms with Gasteiger partial charge in [-0.05, 0) is 30.9 Å². The Labute approximate surface area is 99.6 Å². The van der Waals surface area contributed by atoms with Crippen molar-refractivity contribution in [2.45, 2.75) is 18.9 Å². The molecular weight excluding hydrogens is 216 g/mol. The normalized spacial score (nSPS) is 24.1. The molecule has 1 saturated carbocycles. The van der Waals surface area contributed by atoms with Gasteiger partial charge in [0.2, 0.25) is 5.91 Å². The van der Waals surface area contributed by atoms with Gasteiger partial charge in [0.15, 0.2) is 0 Å². The summed E-state index contributed by atoms with van der Waals surface area (Å²) < 4.78 is 0. The van der Waals surface area contributed by atoms with E-state index in [1.807, 2.05) is 18.2 Å². The summed E-state index contributed by atoms with van der Waals surface area (Å²) >= 11 is 0. The molecule has 0 saturated heterocycles. The number of benzene rings is 1. The quantitative estimate of drug-likeness (QED) is 0.787. The average molecular weight is 230 g/mol. The minimum absolute atomic E-state index is 0.00852. The minimum Gasteiger partial charge on any atom is -0.340 e. The van der Waals surface area contributed by atoms with Gasteiger partial charge in [0.1, 0.15) is 6.04 Å². The molecular formula is C13H14N2O2. The van der Waals surface area contributed by atoms with Crippen LogP contribution in [0.2, 0.25) is 0 Å². The molecule has 1 unspecified atom stereocenters. The number of hydrogen-bond donors (Lipinski definition) is 1. The van der Waals surface area contributed by atoms with E-state index in [2.05, 4.69) is 5.32 Å². The van der Waals surface area contributed by atoms with E-state index in [4.69, 9.17) is 0 Å². The number of hydrogen-bond acceptors (Lipinski definition) is 2. The lowest BCUT2D eigenvalue weighted by atomic mass is 10.1. The third-order valence-corrected chi connectivity index (χ3v) is 3.49. The summed E-state index contributed by atoms with van der Waals surface area (Å²) in [5.74, 6) is 0.171. The molecule has 1 aliphatic carbocycles. The molecule has 1 aliphatic heterocycles. The lowest BCUT2D eigenvalue weighted by Gasteiger charge is -2.20. The molecule has 1 heterocycles. The SMILES string of the molecule is CN1C(=O)C(C2CC2)NC(=O)c2ccccc21. The number of fused-ring (bicyclic) bond motifs is 1.